The predicted molar refractivity (Wildman–Crippen MR) is 77.6 cm³/mol. The van der Waals surface area contributed by atoms with Crippen LogP contribution >= 0.6 is 0 Å². The summed E-state index contributed by atoms with van der Waals surface area (Å²) in [5.41, 5.74) is 3.63. The zero-order valence-corrected chi connectivity index (χ0v) is 11.1. The van der Waals surface area contributed by atoms with Crippen molar-refractivity contribution in [2.45, 2.75) is 25.8 Å². The fraction of sp³-hybridized carbons (Fsp3) is 0.312. The summed E-state index contributed by atoms with van der Waals surface area (Å²) in [6, 6.07) is 10.7. The lowest BCUT2D eigenvalue weighted by Gasteiger charge is -2.19. The zero-order chi connectivity index (χ0) is 13.0. The first-order chi connectivity index (χ1) is 8.76. The van der Waals surface area contributed by atoms with E-state index in [1.165, 1.54) is 16.5 Å². The maximum atomic E-state index is 4.41. The second-order valence-electron chi connectivity index (χ2n) is 4.57. The Morgan fingerprint density at radius 3 is 2.83 bits per heavy atom. The highest BCUT2D eigenvalue weighted by Gasteiger charge is 2.13. The van der Waals surface area contributed by atoms with Crippen LogP contribution in [0.1, 0.15) is 31.4 Å². The number of hydrogen-bond donors (Lipinski definition) is 1. The third-order valence-corrected chi connectivity index (χ3v) is 3.40. The third-order valence-electron chi connectivity index (χ3n) is 3.40. The fourth-order valence-electron chi connectivity index (χ4n) is 2.22. The number of fused-ring (bicyclic) bond motifs is 1. The van der Waals surface area contributed by atoms with Gasteiger partial charge in [-0.15, -0.1) is 0 Å². The van der Waals surface area contributed by atoms with E-state index in [2.05, 4.69) is 48.1 Å². The number of pyridine rings is 1. The summed E-state index contributed by atoms with van der Waals surface area (Å²) < 4.78 is 0. The largest absolute Gasteiger partial charge is 0.313 e. The van der Waals surface area contributed by atoms with Crippen LogP contribution in [0.2, 0.25) is 0 Å². The molecule has 0 amide bonds. The minimum atomic E-state index is 0.311. The monoisotopic (exact) mass is 240 g/mol. The molecule has 0 aliphatic heterocycles. The highest BCUT2D eigenvalue weighted by molar-refractivity contribution is 5.82. The standard InChI is InChI=1S/C16H20N2/c1-4-12(2)11-16(17-3)14-9-10-18-15-8-6-5-7-13(14)15/h5-10,16-17H,2,4,11H2,1,3H3. The summed E-state index contributed by atoms with van der Waals surface area (Å²) in [6.07, 6.45) is 3.89. The molecule has 0 spiro atoms. The number of hydrogen-bond acceptors (Lipinski definition) is 2. The van der Waals surface area contributed by atoms with Crippen molar-refractivity contribution in [3.8, 4) is 0 Å². The molecule has 94 valence electrons. The van der Waals surface area contributed by atoms with E-state index in [9.17, 15) is 0 Å². The van der Waals surface area contributed by atoms with Gasteiger partial charge in [-0.3, -0.25) is 4.98 Å². The van der Waals surface area contributed by atoms with Crippen LogP contribution in [0.15, 0.2) is 48.7 Å². The number of nitrogens with zero attached hydrogens (tertiary/aromatic N) is 1. The molecule has 2 rings (SSSR count). The van der Waals surface area contributed by atoms with Gasteiger partial charge in [-0.25, -0.2) is 0 Å². The summed E-state index contributed by atoms with van der Waals surface area (Å²) in [6.45, 7) is 6.26. The van der Waals surface area contributed by atoms with Gasteiger partial charge in [0.25, 0.3) is 0 Å². The summed E-state index contributed by atoms with van der Waals surface area (Å²) in [7, 11) is 2.00. The van der Waals surface area contributed by atoms with Gasteiger partial charge in [-0.05, 0) is 37.6 Å². The molecule has 0 radical (unpaired) electrons. The number of benzene rings is 1. The Morgan fingerprint density at radius 1 is 1.33 bits per heavy atom. The van der Waals surface area contributed by atoms with Crippen LogP contribution in [-0.4, -0.2) is 12.0 Å². The minimum absolute atomic E-state index is 0.311. The van der Waals surface area contributed by atoms with Crippen LogP contribution in [0.3, 0.4) is 0 Å². The highest BCUT2D eigenvalue weighted by atomic mass is 14.9. The van der Waals surface area contributed by atoms with Crippen LogP contribution in [0.5, 0.6) is 0 Å². The Balaban J connectivity index is 2.41. The van der Waals surface area contributed by atoms with E-state index in [1.807, 2.05) is 19.3 Å². The van der Waals surface area contributed by atoms with Gasteiger partial charge in [0.05, 0.1) is 5.52 Å². The fourth-order valence-corrected chi connectivity index (χ4v) is 2.22. The molecule has 0 bridgehead atoms. The van der Waals surface area contributed by atoms with Gasteiger partial charge in [0.15, 0.2) is 0 Å². The maximum Gasteiger partial charge on any atom is 0.0705 e. The van der Waals surface area contributed by atoms with Gasteiger partial charge in [0.1, 0.15) is 0 Å². The van der Waals surface area contributed by atoms with Gasteiger partial charge < -0.3 is 5.32 Å². The van der Waals surface area contributed by atoms with Crippen molar-refractivity contribution in [1.29, 1.82) is 0 Å². The molecule has 0 fully saturated rings. The maximum absolute atomic E-state index is 4.41. The van der Waals surface area contributed by atoms with E-state index in [-0.39, 0.29) is 0 Å². The van der Waals surface area contributed by atoms with Crippen molar-refractivity contribution in [2.24, 2.45) is 0 Å². The molecule has 0 aliphatic rings. The van der Waals surface area contributed by atoms with Gasteiger partial charge >= 0.3 is 0 Å². The SMILES string of the molecule is C=C(CC)CC(NC)c1ccnc2ccccc12. The van der Waals surface area contributed by atoms with Crippen LogP contribution in [0, 0.1) is 0 Å². The number of para-hydroxylation sites is 1. The van der Waals surface area contributed by atoms with E-state index >= 15 is 0 Å². The average Bonchev–Trinajstić information content (AvgIpc) is 2.44. The lowest BCUT2D eigenvalue weighted by molar-refractivity contribution is 0.586. The van der Waals surface area contributed by atoms with Crippen molar-refractivity contribution >= 4 is 10.9 Å². The van der Waals surface area contributed by atoms with Crippen molar-refractivity contribution in [1.82, 2.24) is 10.3 Å². The molecular weight excluding hydrogens is 220 g/mol. The molecule has 1 aromatic carbocycles. The normalized spacial score (nSPS) is 12.6. The number of nitrogens with one attached hydrogen (secondary N) is 1. The zero-order valence-electron chi connectivity index (χ0n) is 11.1. The molecule has 1 atom stereocenters. The molecule has 0 aliphatic carbocycles. The van der Waals surface area contributed by atoms with E-state index in [0.29, 0.717) is 6.04 Å². The first-order valence-corrected chi connectivity index (χ1v) is 6.43. The molecule has 2 aromatic rings. The van der Waals surface area contributed by atoms with Crippen molar-refractivity contribution < 1.29 is 0 Å². The molecule has 0 saturated heterocycles. The summed E-state index contributed by atoms with van der Waals surface area (Å²) >= 11 is 0. The Bertz CT molecular complexity index is 540. The lowest BCUT2D eigenvalue weighted by atomic mass is 9.96. The molecule has 2 heteroatoms. The first kappa shape index (κ1) is 12.8. The molecule has 2 nitrogen and oxygen atoms in total. The summed E-state index contributed by atoms with van der Waals surface area (Å²) in [4.78, 5) is 4.41. The molecule has 1 heterocycles. The lowest BCUT2D eigenvalue weighted by Crippen LogP contribution is -2.17. The number of rotatable bonds is 5. The Morgan fingerprint density at radius 2 is 2.11 bits per heavy atom. The Kier molecular flexibility index (Phi) is 4.11. The van der Waals surface area contributed by atoms with Crippen LogP contribution < -0.4 is 5.32 Å². The van der Waals surface area contributed by atoms with Crippen LogP contribution in [-0.2, 0) is 0 Å². The van der Waals surface area contributed by atoms with Gasteiger partial charge in [0, 0.05) is 17.6 Å². The highest BCUT2D eigenvalue weighted by Crippen LogP contribution is 2.27. The summed E-state index contributed by atoms with van der Waals surface area (Å²) in [5.74, 6) is 0. The van der Waals surface area contributed by atoms with Crippen LogP contribution in [0.4, 0.5) is 0 Å². The smallest absolute Gasteiger partial charge is 0.0705 e. The molecule has 1 unspecified atom stereocenters. The first-order valence-electron chi connectivity index (χ1n) is 6.43. The summed E-state index contributed by atoms with van der Waals surface area (Å²) in [5, 5.41) is 4.61. The molecule has 1 aromatic heterocycles. The topological polar surface area (TPSA) is 24.9 Å². The minimum Gasteiger partial charge on any atom is -0.313 e. The van der Waals surface area contributed by atoms with Gasteiger partial charge in [0.2, 0.25) is 0 Å². The van der Waals surface area contributed by atoms with Crippen molar-refractivity contribution in [3.63, 3.8) is 0 Å². The third kappa shape index (κ3) is 2.59. The second-order valence-corrected chi connectivity index (χ2v) is 4.57. The van der Waals surface area contributed by atoms with E-state index in [1.54, 1.807) is 0 Å². The van der Waals surface area contributed by atoms with Crippen molar-refractivity contribution in [3.05, 3.63) is 54.2 Å². The van der Waals surface area contributed by atoms with Gasteiger partial charge in [-0.1, -0.05) is 37.3 Å². The predicted octanol–water partition coefficient (Wildman–Crippen LogP) is 3.85. The second kappa shape index (κ2) is 5.78. The molecule has 0 saturated carbocycles. The quantitative estimate of drug-likeness (QED) is 0.803. The van der Waals surface area contributed by atoms with E-state index < -0.39 is 0 Å². The molecule has 1 N–H and O–H groups in total. The Hall–Kier alpha value is -1.67. The van der Waals surface area contributed by atoms with E-state index in [4.69, 9.17) is 0 Å². The van der Waals surface area contributed by atoms with Crippen molar-refractivity contribution in [2.75, 3.05) is 7.05 Å². The molecule has 18 heavy (non-hydrogen) atoms. The Labute approximate surface area is 109 Å². The average molecular weight is 240 g/mol. The van der Waals surface area contributed by atoms with Gasteiger partial charge in [-0.2, -0.15) is 0 Å². The molecular formula is C16H20N2. The van der Waals surface area contributed by atoms with E-state index in [0.717, 1.165) is 18.4 Å². The van der Waals surface area contributed by atoms with Crippen LogP contribution in [0.25, 0.3) is 10.9 Å². The number of aromatic nitrogens is 1.